The fourth-order valence-corrected chi connectivity index (χ4v) is 2.42. The maximum absolute atomic E-state index is 6.25. The Bertz CT molecular complexity index is 370. The Morgan fingerprint density at radius 3 is 2.94 bits per heavy atom. The van der Waals surface area contributed by atoms with E-state index in [1.165, 1.54) is 0 Å². The van der Waals surface area contributed by atoms with E-state index in [1.807, 2.05) is 18.2 Å². The van der Waals surface area contributed by atoms with Crippen molar-refractivity contribution in [2.24, 2.45) is 0 Å². The molecule has 1 aromatic rings. The van der Waals surface area contributed by atoms with Crippen LogP contribution in [0.2, 0.25) is 5.02 Å². The third-order valence-electron chi connectivity index (χ3n) is 2.75. The number of anilines is 1. The molecular formula is C12H15Cl2NO. The summed E-state index contributed by atoms with van der Waals surface area (Å²) in [6.07, 6.45) is 0.262. The lowest BCUT2D eigenvalue weighted by atomic mass is 10.2. The molecule has 1 heterocycles. The van der Waals surface area contributed by atoms with Gasteiger partial charge in [0, 0.05) is 19.0 Å². The Kier molecular flexibility index (Phi) is 3.95. The maximum Gasteiger partial charge on any atom is 0.0722 e. The zero-order valence-electron chi connectivity index (χ0n) is 9.25. The van der Waals surface area contributed by atoms with Crippen LogP contribution in [0.5, 0.6) is 0 Å². The molecule has 1 aromatic carbocycles. The fourth-order valence-electron chi connectivity index (χ4n) is 1.93. The van der Waals surface area contributed by atoms with Gasteiger partial charge in [0.25, 0.3) is 0 Å². The number of hydrogen-bond donors (Lipinski definition) is 0. The number of nitrogens with zero attached hydrogens (tertiary/aromatic N) is 1. The molecule has 16 heavy (non-hydrogen) atoms. The average molecular weight is 260 g/mol. The predicted octanol–water partition coefficient (Wildman–Crippen LogP) is 3.30. The Morgan fingerprint density at radius 1 is 1.50 bits per heavy atom. The number of benzene rings is 1. The second kappa shape index (κ2) is 5.26. The van der Waals surface area contributed by atoms with Crippen LogP contribution in [0.1, 0.15) is 12.5 Å². The zero-order valence-corrected chi connectivity index (χ0v) is 10.8. The summed E-state index contributed by atoms with van der Waals surface area (Å²) >= 11 is 12.0. The third-order valence-corrected chi connectivity index (χ3v) is 3.36. The summed E-state index contributed by atoms with van der Waals surface area (Å²) in [4.78, 5) is 2.26. The highest BCUT2D eigenvalue weighted by Gasteiger charge is 2.18. The van der Waals surface area contributed by atoms with Gasteiger partial charge < -0.3 is 9.64 Å². The topological polar surface area (TPSA) is 12.5 Å². The van der Waals surface area contributed by atoms with E-state index < -0.39 is 0 Å². The van der Waals surface area contributed by atoms with Crippen LogP contribution in [0.15, 0.2) is 18.2 Å². The second-order valence-corrected chi connectivity index (χ2v) is 4.72. The third kappa shape index (κ3) is 2.62. The quantitative estimate of drug-likeness (QED) is 0.756. The van der Waals surface area contributed by atoms with E-state index in [0.29, 0.717) is 5.88 Å². The highest BCUT2D eigenvalue weighted by Crippen LogP contribution is 2.28. The van der Waals surface area contributed by atoms with E-state index in [1.54, 1.807) is 0 Å². The number of morpholine rings is 1. The van der Waals surface area contributed by atoms with Gasteiger partial charge >= 0.3 is 0 Å². The first-order valence-electron chi connectivity index (χ1n) is 5.41. The van der Waals surface area contributed by atoms with Crippen LogP contribution >= 0.6 is 23.2 Å². The number of ether oxygens (including phenoxy) is 1. The molecule has 0 saturated carbocycles. The van der Waals surface area contributed by atoms with Crippen LogP contribution in [0.25, 0.3) is 0 Å². The van der Waals surface area contributed by atoms with E-state index in [0.717, 1.165) is 36.0 Å². The minimum absolute atomic E-state index is 0.262. The van der Waals surface area contributed by atoms with E-state index in [9.17, 15) is 0 Å². The lowest BCUT2D eigenvalue weighted by molar-refractivity contribution is 0.0532. The highest BCUT2D eigenvalue weighted by atomic mass is 35.5. The van der Waals surface area contributed by atoms with E-state index in [2.05, 4.69) is 11.8 Å². The van der Waals surface area contributed by atoms with Gasteiger partial charge in [-0.1, -0.05) is 17.7 Å². The van der Waals surface area contributed by atoms with Crippen molar-refractivity contribution in [3.8, 4) is 0 Å². The van der Waals surface area contributed by atoms with Crippen molar-refractivity contribution in [1.29, 1.82) is 0 Å². The van der Waals surface area contributed by atoms with Crippen molar-refractivity contribution < 1.29 is 4.74 Å². The van der Waals surface area contributed by atoms with Crippen molar-refractivity contribution >= 4 is 28.9 Å². The molecule has 0 bridgehead atoms. The summed E-state index contributed by atoms with van der Waals surface area (Å²) in [6, 6.07) is 6.00. The van der Waals surface area contributed by atoms with Crippen molar-refractivity contribution in [2.45, 2.75) is 18.9 Å². The van der Waals surface area contributed by atoms with Crippen LogP contribution in [0, 0.1) is 0 Å². The summed E-state index contributed by atoms with van der Waals surface area (Å²) < 4.78 is 5.51. The first-order valence-corrected chi connectivity index (χ1v) is 6.33. The molecule has 1 fully saturated rings. The standard InChI is InChI=1S/C12H15Cl2NO/c1-9-8-15(4-5-16-9)12-3-2-10(7-13)6-11(12)14/h2-3,6,9H,4-5,7-8H2,1H3. The smallest absolute Gasteiger partial charge is 0.0722 e. The molecule has 4 heteroatoms. The molecule has 2 rings (SSSR count). The summed E-state index contributed by atoms with van der Waals surface area (Å²) in [7, 11) is 0. The molecular weight excluding hydrogens is 245 g/mol. The molecule has 0 aliphatic carbocycles. The number of halogens is 2. The Hall–Kier alpha value is -0.440. The molecule has 0 radical (unpaired) electrons. The van der Waals surface area contributed by atoms with Crippen LogP contribution in [0.4, 0.5) is 5.69 Å². The van der Waals surface area contributed by atoms with Gasteiger partial charge in [-0.05, 0) is 24.6 Å². The SMILES string of the molecule is CC1CN(c2ccc(CCl)cc2Cl)CCO1. The van der Waals surface area contributed by atoms with Gasteiger partial charge in [0.15, 0.2) is 0 Å². The van der Waals surface area contributed by atoms with Gasteiger partial charge in [0.1, 0.15) is 0 Å². The van der Waals surface area contributed by atoms with Crippen molar-refractivity contribution in [3.63, 3.8) is 0 Å². The fraction of sp³-hybridized carbons (Fsp3) is 0.500. The van der Waals surface area contributed by atoms with E-state index in [4.69, 9.17) is 27.9 Å². The summed E-state index contributed by atoms with van der Waals surface area (Å²) in [5.74, 6) is 0.500. The molecule has 0 spiro atoms. The first kappa shape index (κ1) is 12.0. The van der Waals surface area contributed by atoms with E-state index >= 15 is 0 Å². The minimum Gasteiger partial charge on any atom is -0.375 e. The van der Waals surface area contributed by atoms with Crippen molar-refractivity contribution in [3.05, 3.63) is 28.8 Å². The van der Waals surface area contributed by atoms with Crippen LogP contribution in [-0.2, 0) is 10.6 Å². The number of alkyl halides is 1. The molecule has 1 unspecified atom stereocenters. The van der Waals surface area contributed by atoms with Gasteiger partial charge in [-0.15, -0.1) is 11.6 Å². The van der Waals surface area contributed by atoms with E-state index in [-0.39, 0.29) is 6.10 Å². The van der Waals surface area contributed by atoms with Crippen molar-refractivity contribution in [2.75, 3.05) is 24.6 Å². The molecule has 1 aliphatic heterocycles. The van der Waals surface area contributed by atoms with Gasteiger partial charge in [0.2, 0.25) is 0 Å². The van der Waals surface area contributed by atoms with Crippen LogP contribution in [0.3, 0.4) is 0 Å². The molecule has 0 aromatic heterocycles. The Balaban J connectivity index is 2.19. The maximum atomic E-state index is 6.25. The number of hydrogen-bond acceptors (Lipinski definition) is 2. The number of rotatable bonds is 2. The highest BCUT2D eigenvalue weighted by molar-refractivity contribution is 6.33. The molecule has 88 valence electrons. The largest absolute Gasteiger partial charge is 0.375 e. The summed E-state index contributed by atoms with van der Waals surface area (Å²) in [5.41, 5.74) is 2.13. The van der Waals surface area contributed by atoms with Gasteiger partial charge in [-0.2, -0.15) is 0 Å². The predicted molar refractivity (Wildman–Crippen MR) is 68.6 cm³/mol. The summed E-state index contributed by atoms with van der Waals surface area (Å²) in [5, 5.41) is 0.771. The van der Waals surface area contributed by atoms with Gasteiger partial charge in [-0.3, -0.25) is 0 Å². The van der Waals surface area contributed by atoms with Crippen LogP contribution < -0.4 is 4.90 Å². The second-order valence-electron chi connectivity index (χ2n) is 4.05. The zero-order chi connectivity index (χ0) is 11.5. The van der Waals surface area contributed by atoms with Gasteiger partial charge in [-0.25, -0.2) is 0 Å². The monoisotopic (exact) mass is 259 g/mol. The Morgan fingerprint density at radius 2 is 2.31 bits per heavy atom. The molecule has 0 amide bonds. The molecule has 0 N–H and O–H groups in total. The van der Waals surface area contributed by atoms with Gasteiger partial charge in [0.05, 0.1) is 23.4 Å². The lowest BCUT2D eigenvalue weighted by Gasteiger charge is -2.33. The summed E-state index contributed by atoms with van der Waals surface area (Å²) in [6.45, 7) is 4.62. The minimum atomic E-state index is 0.262. The first-order chi connectivity index (χ1) is 7.70. The molecule has 1 aliphatic rings. The normalized spacial score (nSPS) is 21.2. The lowest BCUT2D eigenvalue weighted by Crippen LogP contribution is -2.41. The average Bonchev–Trinajstić information content (AvgIpc) is 2.28. The molecule has 2 nitrogen and oxygen atoms in total. The Labute approximate surface area is 106 Å². The molecule has 1 saturated heterocycles. The van der Waals surface area contributed by atoms with Crippen molar-refractivity contribution in [1.82, 2.24) is 0 Å². The molecule has 1 atom stereocenters. The van der Waals surface area contributed by atoms with Crippen LogP contribution in [-0.4, -0.2) is 25.8 Å².